The number of amides is 2. The minimum Gasteiger partial charge on any atom is -0.354 e. The number of carbonyl (C=O) groups excluding carboxylic acids is 2. The van der Waals surface area contributed by atoms with Gasteiger partial charge in [-0.3, -0.25) is 9.59 Å². The second kappa shape index (κ2) is 5.45. The Hall–Kier alpha value is -2.62. The van der Waals surface area contributed by atoms with Crippen LogP contribution in [0.1, 0.15) is 36.3 Å². The van der Waals surface area contributed by atoms with E-state index in [1.807, 2.05) is 29.2 Å². The molecule has 0 spiro atoms. The Kier molecular flexibility index (Phi) is 3.20. The standard InChI is InChI=1S/C21H20N2O2/c24-19-11-13-9-10-14(12-22-19)23(13)21(25)20-17-7-3-1-5-15(17)16-6-2-4-8-18(16)20/h1-8,13-14,20H,9-12H2,(H,22,24)/t13-,14+/m1/s1. The first-order chi connectivity index (χ1) is 12.2. The van der Waals surface area contributed by atoms with Crippen molar-refractivity contribution in [2.24, 2.45) is 0 Å². The summed E-state index contributed by atoms with van der Waals surface area (Å²) in [5.41, 5.74) is 4.51. The van der Waals surface area contributed by atoms with Crippen LogP contribution < -0.4 is 5.32 Å². The molecule has 0 aromatic heterocycles. The van der Waals surface area contributed by atoms with Crippen LogP contribution in [0.15, 0.2) is 48.5 Å². The highest BCUT2D eigenvalue weighted by Gasteiger charge is 2.45. The third kappa shape index (κ3) is 2.13. The highest BCUT2D eigenvalue weighted by Crippen LogP contribution is 2.46. The van der Waals surface area contributed by atoms with Crippen molar-refractivity contribution in [1.82, 2.24) is 10.2 Å². The Morgan fingerprint density at radius 2 is 1.52 bits per heavy atom. The minimum absolute atomic E-state index is 0.0416. The SMILES string of the molecule is O=C1C[C@H]2CC[C@@H](CN1)N2C(=O)C1c2ccccc2-c2ccccc21. The van der Waals surface area contributed by atoms with E-state index in [1.54, 1.807) is 0 Å². The normalized spacial score (nSPS) is 24.5. The second-order valence-electron chi connectivity index (χ2n) is 7.25. The lowest BCUT2D eigenvalue weighted by Crippen LogP contribution is -2.44. The summed E-state index contributed by atoms with van der Waals surface area (Å²) in [6.07, 6.45) is 2.34. The molecule has 2 aromatic rings. The number of hydrogen-bond donors (Lipinski definition) is 1. The van der Waals surface area contributed by atoms with E-state index in [-0.39, 0.29) is 29.8 Å². The number of nitrogens with one attached hydrogen (secondary N) is 1. The second-order valence-corrected chi connectivity index (χ2v) is 7.25. The molecule has 1 N–H and O–H groups in total. The first-order valence-corrected chi connectivity index (χ1v) is 9.01. The van der Waals surface area contributed by atoms with E-state index in [2.05, 4.69) is 29.6 Å². The topological polar surface area (TPSA) is 49.4 Å². The van der Waals surface area contributed by atoms with Crippen LogP contribution in [-0.4, -0.2) is 35.3 Å². The number of carbonyl (C=O) groups is 2. The molecule has 2 aliphatic heterocycles. The fraction of sp³-hybridized carbons (Fsp3) is 0.333. The van der Waals surface area contributed by atoms with Crippen molar-refractivity contribution in [2.75, 3.05) is 6.54 Å². The van der Waals surface area contributed by atoms with Gasteiger partial charge >= 0.3 is 0 Å². The van der Waals surface area contributed by atoms with Gasteiger partial charge in [0.1, 0.15) is 0 Å². The molecule has 1 aliphatic carbocycles. The maximum absolute atomic E-state index is 13.6. The Morgan fingerprint density at radius 1 is 0.920 bits per heavy atom. The third-order valence-corrected chi connectivity index (χ3v) is 5.91. The van der Waals surface area contributed by atoms with Crippen LogP contribution in [0.4, 0.5) is 0 Å². The van der Waals surface area contributed by atoms with Crippen LogP contribution in [0.25, 0.3) is 11.1 Å². The molecule has 5 rings (SSSR count). The summed E-state index contributed by atoms with van der Waals surface area (Å²) in [5.74, 6) is -0.0256. The monoisotopic (exact) mass is 332 g/mol. The van der Waals surface area contributed by atoms with Gasteiger partial charge in [0.05, 0.1) is 5.92 Å². The van der Waals surface area contributed by atoms with Crippen molar-refractivity contribution in [2.45, 2.75) is 37.3 Å². The zero-order valence-electron chi connectivity index (χ0n) is 13.9. The van der Waals surface area contributed by atoms with Gasteiger partial charge in [-0.25, -0.2) is 0 Å². The lowest BCUT2D eigenvalue weighted by Gasteiger charge is -2.30. The van der Waals surface area contributed by atoms with Crippen molar-refractivity contribution >= 4 is 11.8 Å². The first-order valence-electron chi connectivity index (χ1n) is 9.01. The smallest absolute Gasteiger partial charge is 0.235 e. The zero-order valence-corrected chi connectivity index (χ0v) is 13.9. The van der Waals surface area contributed by atoms with Gasteiger partial charge in [0.15, 0.2) is 0 Å². The van der Waals surface area contributed by atoms with E-state index in [1.165, 1.54) is 0 Å². The Bertz CT molecular complexity index is 830. The van der Waals surface area contributed by atoms with Crippen molar-refractivity contribution < 1.29 is 9.59 Å². The van der Waals surface area contributed by atoms with Crippen molar-refractivity contribution in [3.8, 4) is 11.1 Å². The van der Waals surface area contributed by atoms with Crippen LogP contribution in [0.3, 0.4) is 0 Å². The number of nitrogens with zero attached hydrogens (tertiary/aromatic N) is 1. The molecule has 3 aliphatic rings. The minimum atomic E-state index is -0.247. The maximum atomic E-state index is 13.6. The zero-order chi connectivity index (χ0) is 17.0. The van der Waals surface area contributed by atoms with Crippen LogP contribution in [0, 0.1) is 0 Å². The van der Waals surface area contributed by atoms with Crippen molar-refractivity contribution in [1.29, 1.82) is 0 Å². The Morgan fingerprint density at radius 3 is 2.20 bits per heavy atom. The highest BCUT2D eigenvalue weighted by molar-refractivity contribution is 5.97. The number of rotatable bonds is 1. The molecule has 0 unspecified atom stereocenters. The van der Waals surface area contributed by atoms with E-state index >= 15 is 0 Å². The average Bonchev–Trinajstić information content (AvgIpc) is 3.12. The van der Waals surface area contributed by atoms with Crippen LogP contribution in [0.2, 0.25) is 0 Å². The van der Waals surface area contributed by atoms with Crippen LogP contribution >= 0.6 is 0 Å². The van der Waals surface area contributed by atoms with E-state index in [4.69, 9.17) is 0 Å². The predicted octanol–water partition coefficient (Wildman–Crippen LogP) is 2.68. The summed E-state index contributed by atoms with van der Waals surface area (Å²) in [6, 6.07) is 16.6. The van der Waals surface area contributed by atoms with Crippen molar-refractivity contribution in [3.05, 3.63) is 59.7 Å². The van der Waals surface area contributed by atoms with Crippen LogP contribution in [0.5, 0.6) is 0 Å². The Balaban J connectivity index is 1.59. The third-order valence-electron chi connectivity index (χ3n) is 5.91. The fourth-order valence-corrected chi connectivity index (χ4v) is 4.81. The van der Waals surface area contributed by atoms with Gasteiger partial charge in [0, 0.05) is 25.0 Å². The lowest BCUT2D eigenvalue weighted by atomic mass is 9.94. The largest absolute Gasteiger partial charge is 0.354 e. The molecule has 2 fully saturated rings. The highest BCUT2D eigenvalue weighted by atomic mass is 16.2. The molecule has 0 saturated carbocycles. The summed E-state index contributed by atoms with van der Waals surface area (Å²) in [5, 5.41) is 2.96. The molecule has 2 saturated heterocycles. The molecule has 0 radical (unpaired) electrons. The van der Waals surface area contributed by atoms with Gasteiger partial charge in [-0.1, -0.05) is 48.5 Å². The fourth-order valence-electron chi connectivity index (χ4n) is 4.81. The summed E-state index contributed by atoms with van der Waals surface area (Å²) < 4.78 is 0. The quantitative estimate of drug-likeness (QED) is 0.873. The molecule has 4 heteroatoms. The average molecular weight is 332 g/mol. The maximum Gasteiger partial charge on any atom is 0.235 e. The first kappa shape index (κ1) is 14.7. The van der Waals surface area contributed by atoms with E-state index in [0.717, 1.165) is 35.1 Å². The van der Waals surface area contributed by atoms with E-state index in [9.17, 15) is 9.59 Å². The van der Waals surface area contributed by atoms with Gasteiger partial charge in [-0.05, 0) is 35.1 Å². The molecular weight excluding hydrogens is 312 g/mol. The molecular formula is C21H20N2O2. The van der Waals surface area contributed by atoms with Gasteiger partial charge in [-0.15, -0.1) is 0 Å². The van der Waals surface area contributed by atoms with Crippen LogP contribution in [-0.2, 0) is 9.59 Å². The number of benzene rings is 2. The van der Waals surface area contributed by atoms with Gasteiger partial charge < -0.3 is 10.2 Å². The summed E-state index contributed by atoms with van der Waals surface area (Å²) in [4.78, 5) is 27.6. The van der Waals surface area contributed by atoms with E-state index in [0.29, 0.717) is 13.0 Å². The summed E-state index contributed by atoms with van der Waals surface area (Å²) in [7, 11) is 0. The summed E-state index contributed by atoms with van der Waals surface area (Å²) in [6.45, 7) is 0.580. The van der Waals surface area contributed by atoms with Gasteiger partial charge in [-0.2, -0.15) is 0 Å². The van der Waals surface area contributed by atoms with Gasteiger partial charge in [0.25, 0.3) is 0 Å². The molecule has 126 valence electrons. The number of fused-ring (bicyclic) bond motifs is 5. The van der Waals surface area contributed by atoms with E-state index < -0.39 is 0 Å². The lowest BCUT2D eigenvalue weighted by molar-refractivity contribution is -0.134. The molecule has 2 atom stereocenters. The molecule has 2 aromatic carbocycles. The Labute approximate surface area is 146 Å². The number of hydrogen-bond acceptors (Lipinski definition) is 2. The predicted molar refractivity (Wildman–Crippen MR) is 95.0 cm³/mol. The molecule has 2 heterocycles. The molecule has 2 amide bonds. The molecule has 25 heavy (non-hydrogen) atoms. The summed E-state index contributed by atoms with van der Waals surface area (Å²) >= 11 is 0. The van der Waals surface area contributed by atoms with Gasteiger partial charge in [0.2, 0.25) is 11.8 Å². The molecule has 4 nitrogen and oxygen atoms in total. The molecule has 2 bridgehead atoms. The van der Waals surface area contributed by atoms with Crippen molar-refractivity contribution in [3.63, 3.8) is 0 Å².